The molecule has 0 saturated heterocycles. The second kappa shape index (κ2) is 6.99. The van der Waals surface area contributed by atoms with Crippen LogP contribution < -0.4 is 10.5 Å². The smallest absolute Gasteiger partial charge is 0.267 e. The van der Waals surface area contributed by atoms with E-state index in [2.05, 4.69) is 5.10 Å². The zero-order chi connectivity index (χ0) is 18.0. The molecule has 5 nitrogen and oxygen atoms in total. The molecule has 0 atom stereocenters. The van der Waals surface area contributed by atoms with Crippen molar-refractivity contribution in [3.8, 4) is 17.0 Å². The highest BCUT2D eigenvalue weighted by Gasteiger charge is 2.14. The summed E-state index contributed by atoms with van der Waals surface area (Å²) in [5.41, 5.74) is 9.36. The lowest BCUT2D eigenvalue weighted by Gasteiger charge is -2.07. The van der Waals surface area contributed by atoms with Crippen molar-refractivity contribution < 1.29 is 9.53 Å². The quantitative estimate of drug-likeness (QED) is 0.759. The average Bonchev–Trinajstić information content (AvgIpc) is 3.02. The topological polar surface area (TPSA) is 70.1 Å². The van der Waals surface area contributed by atoms with Gasteiger partial charge in [0.05, 0.1) is 19.3 Å². The minimum Gasteiger partial charge on any atom is -0.497 e. The van der Waals surface area contributed by atoms with Gasteiger partial charge in [-0.3, -0.25) is 9.48 Å². The van der Waals surface area contributed by atoms with Gasteiger partial charge < -0.3 is 10.5 Å². The molecule has 0 spiro atoms. The lowest BCUT2D eigenvalue weighted by atomic mass is 10.1. The van der Waals surface area contributed by atoms with Crippen molar-refractivity contribution in [2.45, 2.75) is 13.5 Å². The second-order valence-corrected chi connectivity index (χ2v) is 6.16. The monoisotopic (exact) mass is 355 g/mol. The van der Waals surface area contributed by atoms with E-state index in [0.29, 0.717) is 23.0 Å². The summed E-state index contributed by atoms with van der Waals surface area (Å²) in [6.45, 7) is 2.35. The summed E-state index contributed by atoms with van der Waals surface area (Å²) in [5.74, 6) is 0.234. The number of halogens is 1. The molecular formula is C19H18ClN3O2. The van der Waals surface area contributed by atoms with Crippen LogP contribution >= 0.6 is 11.6 Å². The molecule has 0 radical (unpaired) electrons. The third-order valence-electron chi connectivity index (χ3n) is 3.99. The Morgan fingerprint density at radius 1 is 1.20 bits per heavy atom. The van der Waals surface area contributed by atoms with Crippen molar-refractivity contribution in [3.05, 3.63) is 70.4 Å². The van der Waals surface area contributed by atoms with E-state index in [1.807, 2.05) is 49.4 Å². The molecule has 3 aromatic rings. The van der Waals surface area contributed by atoms with Crippen LogP contribution in [0.4, 0.5) is 0 Å². The fourth-order valence-corrected chi connectivity index (χ4v) is 2.75. The Morgan fingerprint density at radius 3 is 2.52 bits per heavy atom. The van der Waals surface area contributed by atoms with Crippen molar-refractivity contribution in [1.82, 2.24) is 9.78 Å². The average molecular weight is 356 g/mol. The number of rotatable bonds is 5. The van der Waals surface area contributed by atoms with Crippen molar-refractivity contribution in [2.24, 2.45) is 5.73 Å². The van der Waals surface area contributed by atoms with E-state index in [0.717, 1.165) is 22.4 Å². The van der Waals surface area contributed by atoms with Gasteiger partial charge in [0.25, 0.3) is 5.91 Å². The Labute approximate surface area is 151 Å². The highest BCUT2D eigenvalue weighted by atomic mass is 35.5. The van der Waals surface area contributed by atoms with Crippen molar-refractivity contribution in [1.29, 1.82) is 0 Å². The van der Waals surface area contributed by atoms with E-state index in [1.54, 1.807) is 17.9 Å². The largest absolute Gasteiger partial charge is 0.497 e. The molecule has 1 amide bonds. The van der Waals surface area contributed by atoms with Gasteiger partial charge >= 0.3 is 0 Å². The predicted octanol–water partition coefficient (Wildman–Crippen LogP) is 3.67. The van der Waals surface area contributed by atoms with Crippen molar-refractivity contribution >= 4 is 17.5 Å². The Morgan fingerprint density at radius 2 is 1.92 bits per heavy atom. The van der Waals surface area contributed by atoms with Gasteiger partial charge in [0.1, 0.15) is 11.4 Å². The molecule has 0 aliphatic rings. The first-order chi connectivity index (χ1) is 12.0. The first-order valence-electron chi connectivity index (χ1n) is 7.75. The molecule has 0 fully saturated rings. The lowest BCUT2D eigenvalue weighted by Crippen LogP contribution is -2.18. The summed E-state index contributed by atoms with van der Waals surface area (Å²) in [6, 6.07) is 14.9. The number of carbonyl (C=O) groups excluding carboxylic acids is 1. The van der Waals surface area contributed by atoms with Crippen LogP contribution in [0.2, 0.25) is 5.02 Å². The van der Waals surface area contributed by atoms with Gasteiger partial charge in [-0.1, -0.05) is 23.7 Å². The maximum Gasteiger partial charge on any atom is 0.267 e. The maximum absolute atomic E-state index is 11.8. The summed E-state index contributed by atoms with van der Waals surface area (Å²) in [6.07, 6.45) is 0. The minimum absolute atomic E-state index is 0.350. The summed E-state index contributed by atoms with van der Waals surface area (Å²) < 4.78 is 6.76. The van der Waals surface area contributed by atoms with Gasteiger partial charge in [-0.05, 0) is 54.4 Å². The number of primary amides is 1. The third kappa shape index (κ3) is 3.67. The fourth-order valence-electron chi connectivity index (χ4n) is 2.55. The molecule has 0 bridgehead atoms. The van der Waals surface area contributed by atoms with Crippen LogP contribution in [-0.4, -0.2) is 22.8 Å². The zero-order valence-electron chi connectivity index (χ0n) is 14.0. The zero-order valence-corrected chi connectivity index (χ0v) is 14.7. The summed E-state index contributed by atoms with van der Waals surface area (Å²) in [5, 5.41) is 5.22. The Balaban J connectivity index is 1.96. The molecule has 6 heteroatoms. The number of nitrogens with zero attached hydrogens (tertiary/aromatic N) is 2. The molecule has 1 heterocycles. The maximum atomic E-state index is 11.8. The van der Waals surface area contributed by atoms with E-state index in [4.69, 9.17) is 22.1 Å². The summed E-state index contributed by atoms with van der Waals surface area (Å²) in [7, 11) is 1.61. The fraction of sp³-hybridized carbons (Fsp3) is 0.158. The number of ether oxygens (including phenoxy) is 1. The molecule has 0 aliphatic carbocycles. The number of hydrogen-bond donors (Lipinski definition) is 1. The molecule has 2 N–H and O–H groups in total. The molecule has 0 aliphatic heterocycles. The van der Waals surface area contributed by atoms with E-state index in [-0.39, 0.29) is 0 Å². The van der Waals surface area contributed by atoms with Crippen molar-refractivity contribution in [2.75, 3.05) is 7.11 Å². The highest BCUT2D eigenvalue weighted by molar-refractivity contribution is 6.31. The van der Waals surface area contributed by atoms with Crippen LogP contribution in [0, 0.1) is 6.92 Å². The molecule has 25 heavy (non-hydrogen) atoms. The number of benzene rings is 2. The first kappa shape index (κ1) is 17.0. The predicted molar refractivity (Wildman–Crippen MR) is 98.0 cm³/mol. The van der Waals surface area contributed by atoms with Crippen LogP contribution in [0.15, 0.2) is 48.5 Å². The van der Waals surface area contributed by atoms with E-state index >= 15 is 0 Å². The number of methoxy groups -OCH3 is 1. The first-order valence-corrected chi connectivity index (χ1v) is 8.13. The van der Waals surface area contributed by atoms with Crippen LogP contribution in [0.3, 0.4) is 0 Å². The normalized spacial score (nSPS) is 10.7. The van der Waals surface area contributed by atoms with Crippen molar-refractivity contribution in [3.63, 3.8) is 0 Å². The molecule has 0 unspecified atom stereocenters. The van der Waals surface area contributed by atoms with Gasteiger partial charge in [-0.2, -0.15) is 5.10 Å². The SMILES string of the molecule is COc1ccc(-c2cc(C(N)=O)n(Cc3ccc(C)c(Cl)c3)n2)cc1. The highest BCUT2D eigenvalue weighted by Crippen LogP contribution is 2.23. The number of carbonyl (C=O) groups is 1. The molecular weight excluding hydrogens is 338 g/mol. The van der Waals surface area contributed by atoms with E-state index < -0.39 is 5.91 Å². The number of aromatic nitrogens is 2. The minimum atomic E-state index is -0.523. The number of amides is 1. The van der Waals surface area contributed by atoms with E-state index in [1.165, 1.54) is 0 Å². The molecule has 1 aromatic heterocycles. The van der Waals surface area contributed by atoms with Crippen LogP contribution in [0.1, 0.15) is 21.6 Å². The Hall–Kier alpha value is -2.79. The summed E-state index contributed by atoms with van der Waals surface area (Å²) in [4.78, 5) is 11.8. The van der Waals surface area contributed by atoms with Gasteiger partial charge in [-0.25, -0.2) is 0 Å². The van der Waals surface area contributed by atoms with Gasteiger partial charge in [0, 0.05) is 10.6 Å². The molecule has 3 rings (SSSR count). The summed E-state index contributed by atoms with van der Waals surface area (Å²) >= 11 is 6.18. The number of aryl methyl sites for hydroxylation is 1. The van der Waals surface area contributed by atoms with Gasteiger partial charge in [0.15, 0.2) is 0 Å². The van der Waals surface area contributed by atoms with Crippen LogP contribution in [0.5, 0.6) is 5.75 Å². The Kier molecular flexibility index (Phi) is 4.76. The Bertz CT molecular complexity index is 917. The third-order valence-corrected chi connectivity index (χ3v) is 4.39. The standard InChI is InChI=1S/C19H18ClN3O2/c1-12-3-4-13(9-16(12)20)11-23-18(19(21)24)10-17(22-23)14-5-7-15(25-2)8-6-14/h3-10H,11H2,1-2H3,(H2,21,24). The van der Waals surface area contributed by atoms with Gasteiger partial charge in [0.2, 0.25) is 0 Å². The lowest BCUT2D eigenvalue weighted by molar-refractivity contribution is 0.0990. The molecule has 128 valence electrons. The van der Waals surface area contributed by atoms with E-state index in [9.17, 15) is 4.79 Å². The number of hydrogen-bond acceptors (Lipinski definition) is 3. The number of nitrogens with two attached hydrogens (primary N) is 1. The molecule has 0 saturated carbocycles. The van der Waals surface area contributed by atoms with Crippen LogP contribution in [0.25, 0.3) is 11.3 Å². The second-order valence-electron chi connectivity index (χ2n) is 5.75. The van der Waals surface area contributed by atoms with Crippen LogP contribution in [-0.2, 0) is 6.54 Å². The van der Waals surface area contributed by atoms with Gasteiger partial charge in [-0.15, -0.1) is 0 Å². The molecule has 2 aromatic carbocycles.